The van der Waals surface area contributed by atoms with E-state index in [1.807, 2.05) is 61.5 Å². The van der Waals surface area contributed by atoms with Crippen LogP contribution in [0.3, 0.4) is 0 Å². The van der Waals surface area contributed by atoms with Crippen LogP contribution in [0.5, 0.6) is 0 Å². The first-order valence-corrected chi connectivity index (χ1v) is 11.9. The molecule has 2 N–H and O–H groups in total. The van der Waals surface area contributed by atoms with Crippen LogP contribution in [0, 0.1) is 6.92 Å². The Morgan fingerprint density at radius 1 is 1.06 bits per heavy atom. The van der Waals surface area contributed by atoms with E-state index in [2.05, 4.69) is 10.6 Å². The van der Waals surface area contributed by atoms with Crippen LogP contribution in [0.15, 0.2) is 64.3 Å². The summed E-state index contributed by atoms with van der Waals surface area (Å²) in [5.74, 6) is -0.276. The van der Waals surface area contributed by atoms with Crippen molar-refractivity contribution in [3.8, 4) is 5.69 Å². The third-order valence-electron chi connectivity index (χ3n) is 5.36. The van der Waals surface area contributed by atoms with Crippen LogP contribution in [-0.4, -0.2) is 26.4 Å². The molecule has 1 unspecified atom stereocenters. The third-order valence-corrected chi connectivity index (χ3v) is 6.45. The summed E-state index contributed by atoms with van der Waals surface area (Å²) in [7, 11) is 1.79. The first-order valence-electron chi connectivity index (χ1n) is 11.0. The van der Waals surface area contributed by atoms with Gasteiger partial charge in [-0.3, -0.25) is 19.1 Å². The van der Waals surface area contributed by atoms with Crippen molar-refractivity contribution in [2.24, 2.45) is 7.05 Å². The Morgan fingerprint density at radius 3 is 2.48 bits per heavy atom. The number of hydrogen-bond donors (Lipinski definition) is 2. The number of hydrogen-bond acceptors (Lipinski definition) is 4. The van der Waals surface area contributed by atoms with Crippen molar-refractivity contribution in [1.29, 1.82) is 0 Å². The molecule has 8 heteroatoms. The Labute approximate surface area is 198 Å². The summed E-state index contributed by atoms with van der Waals surface area (Å²) in [5.41, 5.74) is 2.11. The van der Waals surface area contributed by atoms with Gasteiger partial charge in [0.1, 0.15) is 5.69 Å². The van der Waals surface area contributed by atoms with Gasteiger partial charge in [-0.1, -0.05) is 37.6 Å². The molecule has 2 amide bonds. The van der Waals surface area contributed by atoms with Crippen molar-refractivity contribution < 1.29 is 9.59 Å². The van der Waals surface area contributed by atoms with Crippen molar-refractivity contribution in [3.63, 3.8) is 0 Å². The molecule has 0 bridgehead atoms. The predicted molar refractivity (Wildman–Crippen MR) is 134 cm³/mol. The fourth-order valence-corrected chi connectivity index (χ4v) is 4.33. The zero-order chi connectivity index (χ0) is 24.0. The molecule has 3 rings (SSSR count). The van der Waals surface area contributed by atoms with Crippen molar-refractivity contribution in [2.45, 2.75) is 50.2 Å². The molecule has 0 aliphatic heterocycles. The highest BCUT2D eigenvalue weighted by molar-refractivity contribution is 8.00. The number of carbonyl (C=O) groups excluding carboxylic acids is 2. The van der Waals surface area contributed by atoms with Crippen molar-refractivity contribution in [3.05, 3.63) is 70.6 Å². The van der Waals surface area contributed by atoms with E-state index < -0.39 is 5.25 Å². The molecule has 0 radical (unpaired) electrons. The van der Waals surface area contributed by atoms with Gasteiger partial charge in [-0.15, -0.1) is 11.8 Å². The number of thioether (sulfide) groups is 1. The Kier molecular flexibility index (Phi) is 8.16. The molecule has 7 nitrogen and oxygen atoms in total. The topological polar surface area (TPSA) is 85.1 Å². The number of benzene rings is 2. The van der Waals surface area contributed by atoms with Crippen molar-refractivity contribution >= 4 is 35.0 Å². The average molecular weight is 467 g/mol. The Balaban J connectivity index is 1.70. The maximum atomic E-state index is 13.0. The van der Waals surface area contributed by atoms with Gasteiger partial charge < -0.3 is 10.6 Å². The van der Waals surface area contributed by atoms with Gasteiger partial charge in [0.2, 0.25) is 11.8 Å². The van der Waals surface area contributed by atoms with E-state index in [4.69, 9.17) is 0 Å². The number of rotatable bonds is 9. The summed E-state index contributed by atoms with van der Waals surface area (Å²) < 4.78 is 3.27. The zero-order valence-corrected chi connectivity index (χ0v) is 20.2. The van der Waals surface area contributed by atoms with E-state index in [0.717, 1.165) is 23.4 Å². The molecule has 0 saturated heterocycles. The number of nitrogens with zero attached hydrogens (tertiary/aromatic N) is 2. The second kappa shape index (κ2) is 11.0. The van der Waals surface area contributed by atoms with Crippen LogP contribution < -0.4 is 16.2 Å². The number of carbonyl (C=O) groups is 2. The summed E-state index contributed by atoms with van der Waals surface area (Å²) in [6, 6.07) is 16.7. The fourth-order valence-electron chi connectivity index (χ4n) is 3.40. The highest BCUT2D eigenvalue weighted by Crippen LogP contribution is 2.27. The van der Waals surface area contributed by atoms with Crippen LogP contribution in [0.2, 0.25) is 0 Å². The van der Waals surface area contributed by atoms with E-state index in [1.54, 1.807) is 25.6 Å². The minimum Gasteiger partial charge on any atom is -0.326 e. The molecule has 0 spiro atoms. The predicted octanol–water partition coefficient (Wildman–Crippen LogP) is 4.73. The molecule has 33 heavy (non-hydrogen) atoms. The van der Waals surface area contributed by atoms with Gasteiger partial charge in [0.05, 0.1) is 16.6 Å². The molecule has 174 valence electrons. The van der Waals surface area contributed by atoms with E-state index in [9.17, 15) is 14.4 Å². The quantitative estimate of drug-likeness (QED) is 0.447. The lowest BCUT2D eigenvalue weighted by molar-refractivity contribution is -0.116. The zero-order valence-electron chi connectivity index (χ0n) is 19.4. The highest BCUT2D eigenvalue weighted by Gasteiger charge is 2.21. The number of para-hydroxylation sites is 1. The van der Waals surface area contributed by atoms with Crippen LogP contribution >= 0.6 is 11.8 Å². The molecule has 0 aliphatic rings. The number of anilines is 2. The molecular formula is C25H30N4O3S. The van der Waals surface area contributed by atoms with Crippen LogP contribution in [0.1, 0.15) is 38.8 Å². The van der Waals surface area contributed by atoms with E-state index in [0.29, 0.717) is 17.8 Å². The SMILES string of the molecule is CCCCC(=O)Nc1cccc(SC(C)C(=O)Nc2c(C)n(C)n(-c3ccccc3)c2=O)c1. The lowest BCUT2D eigenvalue weighted by Gasteiger charge is -2.12. The molecule has 1 aromatic heterocycles. The van der Waals surface area contributed by atoms with Crippen molar-refractivity contribution in [1.82, 2.24) is 9.36 Å². The standard InChI is InChI=1S/C25H30N4O3S/c1-5-6-15-22(30)26-19-11-10-14-21(16-19)33-18(3)24(31)27-23-17(2)28(4)29(25(23)32)20-12-8-7-9-13-20/h7-14,16,18H,5-6,15H2,1-4H3,(H,26,30)(H,27,31). The second-order valence-electron chi connectivity index (χ2n) is 7.87. The molecular weight excluding hydrogens is 436 g/mol. The van der Waals surface area contributed by atoms with Gasteiger partial charge in [-0.05, 0) is 50.6 Å². The van der Waals surface area contributed by atoms with Crippen LogP contribution in [0.4, 0.5) is 11.4 Å². The number of unbranched alkanes of at least 4 members (excludes halogenated alkanes) is 1. The Hall–Kier alpha value is -3.26. The molecule has 3 aromatic rings. The van der Waals surface area contributed by atoms with Gasteiger partial charge in [0.25, 0.3) is 5.56 Å². The summed E-state index contributed by atoms with van der Waals surface area (Å²) in [5, 5.41) is 5.27. The summed E-state index contributed by atoms with van der Waals surface area (Å²) in [6.45, 7) is 5.64. The normalized spacial score (nSPS) is 11.8. The molecule has 2 aromatic carbocycles. The average Bonchev–Trinajstić information content (AvgIpc) is 3.01. The smallest absolute Gasteiger partial charge is 0.295 e. The molecule has 0 fully saturated rings. The molecule has 1 atom stereocenters. The maximum Gasteiger partial charge on any atom is 0.295 e. The summed E-state index contributed by atoms with van der Waals surface area (Å²) in [4.78, 5) is 38.8. The lowest BCUT2D eigenvalue weighted by Crippen LogP contribution is -2.27. The highest BCUT2D eigenvalue weighted by atomic mass is 32.2. The van der Waals surface area contributed by atoms with E-state index in [1.165, 1.54) is 16.4 Å². The summed E-state index contributed by atoms with van der Waals surface area (Å²) in [6.07, 6.45) is 2.30. The van der Waals surface area contributed by atoms with Gasteiger partial charge >= 0.3 is 0 Å². The maximum absolute atomic E-state index is 13.0. The number of aromatic nitrogens is 2. The summed E-state index contributed by atoms with van der Waals surface area (Å²) >= 11 is 1.37. The molecule has 1 heterocycles. The van der Waals surface area contributed by atoms with Crippen LogP contribution in [0.25, 0.3) is 5.69 Å². The largest absolute Gasteiger partial charge is 0.326 e. The van der Waals surface area contributed by atoms with E-state index in [-0.39, 0.29) is 23.1 Å². The van der Waals surface area contributed by atoms with Gasteiger partial charge in [-0.2, -0.15) is 0 Å². The minimum atomic E-state index is -0.444. The minimum absolute atomic E-state index is 0.0148. The lowest BCUT2D eigenvalue weighted by atomic mass is 10.2. The van der Waals surface area contributed by atoms with Gasteiger partial charge in [-0.25, -0.2) is 4.68 Å². The van der Waals surface area contributed by atoms with Gasteiger partial charge in [0.15, 0.2) is 0 Å². The Morgan fingerprint density at radius 2 is 1.79 bits per heavy atom. The van der Waals surface area contributed by atoms with Crippen LogP contribution in [-0.2, 0) is 16.6 Å². The number of nitrogens with one attached hydrogen (secondary N) is 2. The number of amides is 2. The third kappa shape index (κ3) is 5.96. The van der Waals surface area contributed by atoms with Crippen molar-refractivity contribution in [2.75, 3.05) is 10.6 Å². The second-order valence-corrected chi connectivity index (χ2v) is 9.28. The van der Waals surface area contributed by atoms with Gasteiger partial charge in [0, 0.05) is 24.1 Å². The first kappa shape index (κ1) is 24.4. The Bertz CT molecular complexity index is 1180. The fraction of sp³-hybridized carbons (Fsp3) is 0.320. The van der Waals surface area contributed by atoms with E-state index >= 15 is 0 Å². The first-order chi connectivity index (χ1) is 15.8. The monoisotopic (exact) mass is 466 g/mol. The molecule has 0 aliphatic carbocycles. The molecule has 0 saturated carbocycles.